The van der Waals surface area contributed by atoms with Crippen molar-refractivity contribution in [3.05, 3.63) is 24.5 Å². The summed E-state index contributed by atoms with van der Waals surface area (Å²) >= 11 is 1.76. The first-order chi connectivity index (χ1) is 5.33. The van der Waals surface area contributed by atoms with Gasteiger partial charge in [0, 0.05) is 6.20 Å². The highest BCUT2D eigenvalue weighted by Gasteiger charge is 1.96. The standard InChI is InChI=1S/C6H6IN3O/c7-10-6(11)9-5-2-1-3-8-4-5/h1-4H,(H2,9,10,11). The van der Waals surface area contributed by atoms with Crippen molar-refractivity contribution >= 4 is 34.6 Å². The summed E-state index contributed by atoms with van der Waals surface area (Å²) in [5.74, 6) is 0. The van der Waals surface area contributed by atoms with E-state index in [1.165, 1.54) is 0 Å². The number of hydrogen-bond donors (Lipinski definition) is 2. The van der Waals surface area contributed by atoms with Crippen LogP contribution in [0.15, 0.2) is 24.5 Å². The van der Waals surface area contributed by atoms with Crippen molar-refractivity contribution in [2.45, 2.75) is 0 Å². The van der Waals surface area contributed by atoms with Crippen LogP contribution in [0.25, 0.3) is 0 Å². The molecule has 0 spiro atoms. The summed E-state index contributed by atoms with van der Waals surface area (Å²) in [6.45, 7) is 0. The van der Waals surface area contributed by atoms with E-state index >= 15 is 0 Å². The summed E-state index contributed by atoms with van der Waals surface area (Å²) in [4.78, 5) is 14.6. The monoisotopic (exact) mass is 263 g/mol. The van der Waals surface area contributed by atoms with Gasteiger partial charge in [-0.15, -0.1) is 0 Å². The predicted molar refractivity (Wildman–Crippen MR) is 50.4 cm³/mol. The van der Waals surface area contributed by atoms with Crippen molar-refractivity contribution in [3.8, 4) is 0 Å². The number of pyridine rings is 1. The van der Waals surface area contributed by atoms with Gasteiger partial charge in [0.25, 0.3) is 0 Å². The van der Waals surface area contributed by atoms with Gasteiger partial charge in [-0.25, -0.2) is 4.79 Å². The molecule has 1 aromatic heterocycles. The summed E-state index contributed by atoms with van der Waals surface area (Å²) in [6.07, 6.45) is 3.22. The highest BCUT2D eigenvalue weighted by Crippen LogP contribution is 2.01. The summed E-state index contributed by atoms with van der Waals surface area (Å²) < 4.78 is 2.41. The molecule has 5 heteroatoms. The van der Waals surface area contributed by atoms with E-state index in [4.69, 9.17) is 0 Å². The van der Waals surface area contributed by atoms with Crippen LogP contribution in [0.4, 0.5) is 10.5 Å². The Balaban J connectivity index is 2.58. The van der Waals surface area contributed by atoms with Crippen molar-refractivity contribution in [1.29, 1.82) is 0 Å². The number of anilines is 1. The Morgan fingerprint density at radius 2 is 2.45 bits per heavy atom. The second kappa shape index (κ2) is 4.12. The molecular formula is C6H6IN3O. The third kappa shape index (κ3) is 2.71. The zero-order valence-electron chi connectivity index (χ0n) is 5.54. The first kappa shape index (κ1) is 8.25. The SMILES string of the molecule is O=C(NI)Nc1cccnc1. The number of amides is 2. The Morgan fingerprint density at radius 3 is 3.00 bits per heavy atom. The fourth-order valence-corrected chi connectivity index (χ4v) is 0.726. The fourth-order valence-electron chi connectivity index (χ4n) is 0.591. The van der Waals surface area contributed by atoms with Crippen LogP contribution < -0.4 is 8.85 Å². The van der Waals surface area contributed by atoms with Crippen LogP contribution in [0.1, 0.15) is 0 Å². The highest BCUT2D eigenvalue weighted by molar-refractivity contribution is 14.1. The molecule has 0 radical (unpaired) electrons. The molecular weight excluding hydrogens is 257 g/mol. The molecule has 0 fully saturated rings. The summed E-state index contributed by atoms with van der Waals surface area (Å²) in [6, 6.07) is 3.26. The zero-order valence-corrected chi connectivity index (χ0v) is 7.70. The molecule has 2 amide bonds. The molecule has 2 N–H and O–H groups in total. The Labute approximate surface area is 77.9 Å². The maximum absolute atomic E-state index is 10.7. The van der Waals surface area contributed by atoms with Crippen LogP contribution >= 0.6 is 22.9 Å². The van der Waals surface area contributed by atoms with Crippen molar-refractivity contribution in [1.82, 2.24) is 8.51 Å². The molecule has 0 aliphatic heterocycles. The average molecular weight is 263 g/mol. The Hall–Kier alpha value is -0.850. The van der Waals surface area contributed by atoms with Crippen LogP contribution in [0.2, 0.25) is 0 Å². The van der Waals surface area contributed by atoms with E-state index < -0.39 is 0 Å². The van der Waals surface area contributed by atoms with Gasteiger partial charge in [0.1, 0.15) is 0 Å². The largest absolute Gasteiger partial charge is 0.328 e. The van der Waals surface area contributed by atoms with Crippen molar-refractivity contribution < 1.29 is 4.79 Å². The van der Waals surface area contributed by atoms with Gasteiger partial charge in [0.15, 0.2) is 0 Å². The van der Waals surface area contributed by atoms with E-state index in [2.05, 4.69) is 13.8 Å². The molecule has 58 valence electrons. The molecule has 0 saturated heterocycles. The van der Waals surface area contributed by atoms with Crippen molar-refractivity contribution in [3.63, 3.8) is 0 Å². The minimum Gasteiger partial charge on any atom is -0.306 e. The van der Waals surface area contributed by atoms with Crippen molar-refractivity contribution in [2.75, 3.05) is 5.32 Å². The van der Waals surface area contributed by atoms with Gasteiger partial charge in [-0.3, -0.25) is 8.51 Å². The third-order valence-corrected chi connectivity index (χ3v) is 1.50. The Bertz CT molecular complexity index is 239. The minimum absolute atomic E-state index is 0.251. The Morgan fingerprint density at radius 1 is 1.64 bits per heavy atom. The Kier molecular flexibility index (Phi) is 3.09. The molecule has 0 unspecified atom stereocenters. The molecule has 1 rings (SSSR count). The molecule has 4 nitrogen and oxygen atoms in total. The van der Waals surface area contributed by atoms with E-state index in [-0.39, 0.29) is 6.03 Å². The van der Waals surface area contributed by atoms with Gasteiger partial charge in [-0.05, 0) is 12.1 Å². The molecule has 0 aromatic carbocycles. The second-order valence-electron chi connectivity index (χ2n) is 1.79. The quantitative estimate of drug-likeness (QED) is 0.596. The van der Waals surface area contributed by atoms with Crippen LogP contribution in [-0.2, 0) is 0 Å². The average Bonchev–Trinajstić information content (AvgIpc) is 2.06. The normalized spacial score (nSPS) is 8.82. The summed E-state index contributed by atoms with van der Waals surface area (Å²) in [5, 5.41) is 2.57. The number of halogens is 1. The molecule has 0 aliphatic rings. The number of urea groups is 1. The molecule has 0 atom stereocenters. The number of nitrogens with one attached hydrogen (secondary N) is 2. The van der Waals surface area contributed by atoms with E-state index in [0.717, 1.165) is 0 Å². The second-order valence-corrected chi connectivity index (χ2v) is 2.33. The molecule has 1 heterocycles. The fraction of sp³-hybridized carbons (Fsp3) is 0. The van der Waals surface area contributed by atoms with Crippen LogP contribution in [0, 0.1) is 0 Å². The number of carbonyl (C=O) groups is 1. The number of nitrogens with zero attached hydrogens (tertiary/aromatic N) is 1. The lowest BCUT2D eigenvalue weighted by Gasteiger charge is -2.00. The van der Waals surface area contributed by atoms with Gasteiger partial charge in [-0.2, -0.15) is 0 Å². The van der Waals surface area contributed by atoms with Gasteiger partial charge >= 0.3 is 6.03 Å². The lowest BCUT2D eigenvalue weighted by atomic mass is 10.4. The smallest absolute Gasteiger partial charge is 0.306 e. The maximum Gasteiger partial charge on any atom is 0.328 e. The topological polar surface area (TPSA) is 54.0 Å². The summed E-state index contributed by atoms with van der Waals surface area (Å²) in [7, 11) is 0. The van der Waals surface area contributed by atoms with Gasteiger partial charge in [0.05, 0.1) is 34.7 Å². The van der Waals surface area contributed by atoms with Crippen LogP contribution in [0.3, 0.4) is 0 Å². The molecule has 0 bridgehead atoms. The third-order valence-electron chi connectivity index (χ3n) is 1.01. The van der Waals surface area contributed by atoms with Gasteiger partial charge in [0.2, 0.25) is 0 Å². The maximum atomic E-state index is 10.7. The summed E-state index contributed by atoms with van der Waals surface area (Å²) in [5.41, 5.74) is 0.682. The molecule has 1 aromatic rings. The first-order valence-electron chi connectivity index (χ1n) is 2.90. The first-order valence-corrected chi connectivity index (χ1v) is 3.98. The number of rotatable bonds is 1. The molecule has 0 aliphatic carbocycles. The van der Waals surface area contributed by atoms with Crippen LogP contribution in [0.5, 0.6) is 0 Å². The van der Waals surface area contributed by atoms with Gasteiger partial charge < -0.3 is 5.32 Å². The highest BCUT2D eigenvalue weighted by atomic mass is 127. The minimum atomic E-state index is -0.251. The van der Waals surface area contributed by atoms with E-state index in [1.54, 1.807) is 47.4 Å². The number of carbonyl (C=O) groups excluding carboxylic acids is 1. The molecule has 0 saturated carbocycles. The predicted octanol–water partition coefficient (Wildman–Crippen LogP) is 1.55. The van der Waals surface area contributed by atoms with Gasteiger partial charge in [-0.1, -0.05) is 0 Å². The van der Waals surface area contributed by atoms with E-state index in [1.807, 2.05) is 0 Å². The van der Waals surface area contributed by atoms with Crippen molar-refractivity contribution in [2.24, 2.45) is 0 Å². The van der Waals surface area contributed by atoms with E-state index in [9.17, 15) is 4.79 Å². The van der Waals surface area contributed by atoms with Crippen LogP contribution in [-0.4, -0.2) is 11.0 Å². The number of hydrogen-bond acceptors (Lipinski definition) is 2. The lowest BCUT2D eigenvalue weighted by Crippen LogP contribution is -2.19. The molecule has 11 heavy (non-hydrogen) atoms. The lowest BCUT2D eigenvalue weighted by molar-refractivity contribution is 0.258. The zero-order chi connectivity index (χ0) is 8.10. The van der Waals surface area contributed by atoms with E-state index in [0.29, 0.717) is 5.69 Å². The number of aromatic nitrogens is 1.